The van der Waals surface area contributed by atoms with Crippen molar-refractivity contribution in [1.82, 2.24) is 5.32 Å². The molecule has 30 heavy (non-hydrogen) atoms. The third-order valence-electron chi connectivity index (χ3n) is 5.67. The van der Waals surface area contributed by atoms with Crippen LogP contribution in [0.15, 0.2) is 53.8 Å². The van der Waals surface area contributed by atoms with Gasteiger partial charge in [0.05, 0.1) is 12.5 Å². The number of ether oxygens (including phenoxy) is 2. The SMILES string of the molecule is CCC(C)CC1(C)C=C/C(=C2/C(=O)O[C@@H](CC(=O)N[C@@H](C)c3ccccc3)C2=O)O1. The van der Waals surface area contributed by atoms with E-state index < -0.39 is 23.5 Å². The maximum atomic E-state index is 12.8. The number of ketones is 1. The van der Waals surface area contributed by atoms with Crippen molar-refractivity contribution in [2.45, 2.75) is 64.7 Å². The number of nitrogens with one attached hydrogen (secondary N) is 1. The Hall–Kier alpha value is -2.89. The molecule has 1 N–H and O–H groups in total. The third-order valence-corrected chi connectivity index (χ3v) is 5.67. The van der Waals surface area contributed by atoms with Gasteiger partial charge in [0.15, 0.2) is 6.10 Å². The Kier molecular flexibility index (Phi) is 6.44. The predicted octanol–water partition coefficient (Wildman–Crippen LogP) is 3.78. The minimum Gasteiger partial charge on any atom is -0.482 e. The molecule has 2 unspecified atom stereocenters. The van der Waals surface area contributed by atoms with Gasteiger partial charge >= 0.3 is 5.97 Å². The first kappa shape index (κ1) is 21.8. The van der Waals surface area contributed by atoms with E-state index in [1.165, 1.54) is 0 Å². The summed E-state index contributed by atoms with van der Waals surface area (Å²) in [7, 11) is 0. The van der Waals surface area contributed by atoms with Crippen LogP contribution in [0.4, 0.5) is 0 Å². The zero-order valence-corrected chi connectivity index (χ0v) is 17.9. The van der Waals surface area contributed by atoms with Crippen LogP contribution in [0.2, 0.25) is 0 Å². The zero-order chi connectivity index (χ0) is 21.9. The Labute approximate surface area is 177 Å². The van der Waals surface area contributed by atoms with Gasteiger partial charge in [-0.2, -0.15) is 0 Å². The largest absolute Gasteiger partial charge is 0.482 e. The van der Waals surface area contributed by atoms with Gasteiger partial charge in [0.1, 0.15) is 16.9 Å². The van der Waals surface area contributed by atoms with Gasteiger partial charge in [-0.3, -0.25) is 9.59 Å². The second-order valence-corrected chi connectivity index (χ2v) is 8.37. The molecule has 6 heteroatoms. The van der Waals surface area contributed by atoms with E-state index in [9.17, 15) is 14.4 Å². The highest BCUT2D eigenvalue weighted by atomic mass is 16.6. The average Bonchev–Trinajstić information content (AvgIpc) is 3.21. The van der Waals surface area contributed by atoms with Crippen molar-refractivity contribution in [2.24, 2.45) is 5.92 Å². The smallest absolute Gasteiger partial charge is 0.346 e. The highest BCUT2D eigenvalue weighted by molar-refractivity contribution is 6.24. The summed E-state index contributed by atoms with van der Waals surface area (Å²) in [4.78, 5) is 37.5. The maximum absolute atomic E-state index is 12.8. The number of Topliss-reactive ketones (excluding diaryl/α,β-unsaturated/α-hetero) is 1. The number of hydrogen-bond acceptors (Lipinski definition) is 5. The number of cyclic esters (lactones) is 1. The van der Waals surface area contributed by atoms with Gasteiger partial charge in [-0.25, -0.2) is 4.79 Å². The van der Waals surface area contributed by atoms with Crippen LogP contribution in [0.3, 0.4) is 0 Å². The average molecular weight is 411 g/mol. The van der Waals surface area contributed by atoms with Gasteiger partial charge in [0.2, 0.25) is 11.7 Å². The second kappa shape index (κ2) is 8.86. The summed E-state index contributed by atoms with van der Waals surface area (Å²) in [6.45, 7) is 8.04. The number of hydrogen-bond donors (Lipinski definition) is 1. The first-order valence-electron chi connectivity index (χ1n) is 10.4. The Balaban J connectivity index is 1.64. The van der Waals surface area contributed by atoms with Gasteiger partial charge < -0.3 is 14.8 Å². The fourth-order valence-corrected chi connectivity index (χ4v) is 3.80. The van der Waals surface area contributed by atoms with E-state index in [1.54, 1.807) is 6.08 Å². The van der Waals surface area contributed by atoms with Gasteiger partial charge in [0, 0.05) is 0 Å². The molecular weight excluding hydrogens is 382 g/mol. The minimum absolute atomic E-state index is 0.104. The zero-order valence-electron chi connectivity index (χ0n) is 17.9. The Morgan fingerprint density at radius 1 is 1.20 bits per heavy atom. The van der Waals surface area contributed by atoms with Crippen LogP contribution in [0.5, 0.6) is 0 Å². The first-order valence-corrected chi connectivity index (χ1v) is 10.4. The normalized spacial score (nSPS) is 27.5. The molecule has 0 aromatic heterocycles. The molecule has 160 valence electrons. The lowest BCUT2D eigenvalue weighted by Crippen LogP contribution is -2.32. The summed E-state index contributed by atoms with van der Waals surface area (Å²) in [5.74, 6) is -0.917. The van der Waals surface area contributed by atoms with E-state index in [0.717, 1.165) is 18.4 Å². The maximum Gasteiger partial charge on any atom is 0.346 e. The molecular formula is C24H29NO5. The summed E-state index contributed by atoms with van der Waals surface area (Å²) in [5, 5.41) is 2.84. The third kappa shape index (κ3) is 4.81. The highest BCUT2D eigenvalue weighted by Gasteiger charge is 2.44. The summed E-state index contributed by atoms with van der Waals surface area (Å²) >= 11 is 0. The number of allylic oxidation sites excluding steroid dienone is 1. The van der Waals surface area contributed by atoms with E-state index in [1.807, 2.05) is 50.3 Å². The van der Waals surface area contributed by atoms with Crippen molar-refractivity contribution >= 4 is 17.7 Å². The molecule has 2 heterocycles. The van der Waals surface area contributed by atoms with Gasteiger partial charge in [-0.05, 0) is 43.9 Å². The lowest BCUT2D eigenvalue weighted by Gasteiger charge is -2.26. The Morgan fingerprint density at radius 2 is 1.90 bits per heavy atom. The topological polar surface area (TPSA) is 81.7 Å². The molecule has 0 aliphatic carbocycles. The molecule has 1 amide bonds. The van der Waals surface area contributed by atoms with Crippen LogP contribution in [0, 0.1) is 5.92 Å². The fourth-order valence-electron chi connectivity index (χ4n) is 3.80. The number of benzene rings is 1. The van der Waals surface area contributed by atoms with Crippen molar-refractivity contribution < 1.29 is 23.9 Å². The van der Waals surface area contributed by atoms with Gasteiger partial charge in [-0.1, -0.05) is 50.6 Å². The Morgan fingerprint density at radius 3 is 2.57 bits per heavy atom. The van der Waals surface area contributed by atoms with Crippen molar-refractivity contribution in [3.63, 3.8) is 0 Å². The molecule has 1 fully saturated rings. The number of amides is 1. The molecule has 4 atom stereocenters. The monoisotopic (exact) mass is 411 g/mol. The molecule has 2 aliphatic heterocycles. The minimum atomic E-state index is -1.12. The van der Waals surface area contributed by atoms with Gasteiger partial charge in [-0.15, -0.1) is 0 Å². The van der Waals surface area contributed by atoms with E-state index in [2.05, 4.69) is 19.2 Å². The quantitative estimate of drug-likeness (QED) is 0.419. The molecule has 1 aromatic rings. The molecule has 0 saturated carbocycles. The molecule has 0 radical (unpaired) electrons. The Bertz CT molecular complexity index is 888. The standard InChI is InChI=1S/C24H29NO5/c1-5-15(2)14-24(4)12-11-18(30-24)21-22(27)19(29-23(21)28)13-20(26)25-16(3)17-9-7-6-8-10-17/h6-12,15-16,19H,5,13-14H2,1-4H3,(H,25,26)/b21-18-/t15?,16-,19-,24?/m0/s1. The lowest BCUT2D eigenvalue weighted by molar-refractivity contribution is -0.143. The summed E-state index contributed by atoms with van der Waals surface area (Å²) < 4.78 is 11.2. The summed E-state index contributed by atoms with van der Waals surface area (Å²) in [5.41, 5.74) is 0.292. The number of carbonyl (C=O) groups is 3. The predicted molar refractivity (Wildman–Crippen MR) is 112 cm³/mol. The van der Waals surface area contributed by atoms with Crippen molar-refractivity contribution in [1.29, 1.82) is 0 Å². The van der Waals surface area contributed by atoms with E-state index in [0.29, 0.717) is 5.92 Å². The number of rotatable bonds is 7. The van der Waals surface area contributed by atoms with E-state index >= 15 is 0 Å². The van der Waals surface area contributed by atoms with Crippen molar-refractivity contribution in [3.05, 3.63) is 59.4 Å². The van der Waals surface area contributed by atoms with Crippen LogP contribution in [0.1, 0.15) is 58.6 Å². The molecule has 0 bridgehead atoms. The highest BCUT2D eigenvalue weighted by Crippen LogP contribution is 2.36. The molecule has 0 spiro atoms. The second-order valence-electron chi connectivity index (χ2n) is 8.37. The fraction of sp³-hybridized carbons (Fsp3) is 0.458. The van der Waals surface area contributed by atoms with E-state index in [-0.39, 0.29) is 29.7 Å². The lowest BCUT2D eigenvalue weighted by atomic mass is 9.92. The summed E-state index contributed by atoms with van der Waals surface area (Å²) in [6, 6.07) is 9.29. The van der Waals surface area contributed by atoms with Crippen LogP contribution >= 0.6 is 0 Å². The molecule has 1 aromatic carbocycles. The molecule has 1 saturated heterocycles. The first-order chi connectivity index (χ1) is 14.2. The molecule has 3 rings (SSSR count). The van der Waals surface area contributed by atoms with Crippen LogP contribution in [-0.2, 0) is 23.9 Å². The van der Waals surface area contributed by atoms with E-state index in [4.69, 9.17) is 9.47 Å². The number of carbonyl (C=O) groups excluding carboxylic acids is 3. The van der Waals surface area contributed by atoms with Crippen LogP contribution in [0.25, 0.3) is 0 Å². The summed E-state index contributed by atoms with van der Waals surface area (Å²) in [6.07, 6.45) is 4.00. The molecule has 2 aliphatic rings. The van der Waals surface area contributed by atoms with Crippen LogP contribution in [-0.4, -0.2) is 29.4 Å². The van der Waals surface area contributed by atoms with Crippen LogP contribution < -0.4 is 5.32 Å². The van der Waals surface area contributed by atoms with Gasteiger partial charge in [0.25, 0.3) is 0 Å². The van der Waals surface area contributed by atoms with Crippen molar-refractivity contribution in [3.8, 4) is 0 Å². The van der Waals surface area contributed by atoms with Crippen molar-refractivity contribution in [2.75, 3.05) is 0 Å². The number of esters is 1. The molecule has 6 nitrogen and oxygen atoms in total.